The number of rotatable bonds is 6. The predicted octanol–water partition coefficient (Wildman–Crippen LogP) is 3.12. The van der Waals surface area contributed by atoms with Crippen molar-refractivity contribution < 1.29 is 9.53 Å². The van der Waals surface area contributed by atoms with Gasteiger partial charge in [0, 0.05) is 25.4 Å². The molecular weight excluding hydrogens is 264 g/mol. The number of carbonyl (C=O) groups is 1. The summed E-state index contributed by atoms with van der Waals surface area (Å²) >= 11 is 0. The quantitative estimate of drug-likeness (QED) is 0.846. The van der Waals surface area contributed by atoms with Crippen LogP contribution in [-0.2, 0) is 4.74 Å². The predicted molar refractivity (Wildman–Crippen MR) is 85.9 cm³/mol. The summed E-state index contributed by atoms with van der Waals surface area (Å²) in [5.74, 6) is -0.0218. The number of amides is 1. The van der Waals surface area contributed by atoms with Crippen LogP contribution in [0.1, 0.15) is 48.5 Å². The van der Waals surface area contributed by atoms with Crippen molar-refractivity contribution in [1.82, 2.24) is 5.32 Å². The Hall–Kier alpha value is -1.55. The zero-order valence-corrected chi connectivity index (χ0v) is 13.1. The number of hydrogen-bond acceptors (Lipinski definition) is 3. The summed E-state index contributed by atoms with van der Waals surface area (Å²) in [7, 11) is 0. The highest BCUT2D eigenvalue weighted by atomic mass is 16.5. The first-order chi connectivity index (χ1) is 10.2. The molecule has 0 spiro atoms. The first kappa shape index (κ1) is 15.8. The summed E-state index contributed by atoms with van der Waals surface area (Å²) in [6.07, 6.45) is 4.56. The van der Waals surface area contributed by atoms with Crippen LogP contribution in [0.3, 0.4) is 0 Å². The molecule has 1 aromatic carbocycles. The van der Waals surface area contributed by atoms with Gasteiger partial charge in [-0.05, 0) is 44.7 Å². The fraction of sp³-hybridized carbons (Fsp3) is 0.588. The van der Waals surface area contributed by atoms with Gasteiger partial charge < -0.3 is 15.4 Å². The van der Waals surface area contributed by atoms with E-state index in [1.165, 1.54) is 6.42 Å². The zero-order chi connectivity index (χ0) is 15.1. The number of aryl methyl sites for hydroxylation is 1. The summed E-state index contributed by atoms with van der Waals surface area (Å²) in [6, 6.07) is 5.95. The summed E-state index contributed by atoms with van der Waals surface area (Å²) in [6.45, 7) is 6.40. The van der Waals surface area contributed by atoms with Gasteiger partial charge in [-0.25, -0.2) is 0 Å². The molecule has 2 N–H and O–H groups in total. The Morgan fingerprint density at radius 1 is 1.38 bits per heavy atom. The van der Waals surface area contributed by atoms with E-state index in [4.69, 9.17) is 4.74 Å². The molecule has 116 valence electrons. The summed E-state index contributed by atoms with van der Waals surface area (Å²) in [4.78, 5) is 12.4. The number of carbonyl (C=O) groups excluding carboxylic acids is 1. The lowest BCUT2D eigenvalue weighted by molar-refractivity contribution is 0.0169. The molecule has 0 bridgehead atoms. The van der Waals surface area contributed by atoms with E-state index in [1.807, 2.05) is 25.1 Å². The third-order valence-electron chi connectivity index (χ3n) is 3.75. The number of ether oxygens (including phenoxy) is 1. The Morgan fingerprint density at radius 3 is 2.95 bits per heavy atom. The van der Waals surface area contributed by atoms with Crippen molar-refractivity contribution in [3.63, 3.8) is 0 Å². The van der Waals surface area contributed by atoms with Gasteiger partial charge in [0.1, 0.15) is 0 Å². The molecule has 1 aliphatic rings. The van der Waals surface area contributed by atoms with Gasteiger partial charge in [-0.1, -0.05) is 18.6 Å². The fourth-order valence-corrected chi connectivity index (χ4v) is 2.53. The lowest BCUT2D eigenvalue weighted by Gasteiger charge is -2.23. The van der Waals surface area contributed by atoms with Crippen molar-refractivity contribution in [2.24, 2.45) is 0 Å². The van der Waals surface area contributed by atoms with Gasteiger partial charge in [0.25, 0.3) is 5.91 Å². The van der Waals surface area contributed by atoms with E-state index in [-0.39, 0.29) is 12.0 Å². The smallest absolute Gasteiger partial charge is 0.253 e. The van der Waals surface area contributed by atoms with Crippen molar-refractivity contribution in [3.8, 4) is 0 Å². The van der Waals surface area contributed by atoms with Crippen LogP contribution in [0, 0.1) is 6.92 Å². The normalized spacial score (nSPS) is 18.3. The Bertz CT molecular complexity index is 468. The fourth-order valence-electron chi connectivity index (χ4n) is 2.53. The van der Waals surface area contributed by atoms with E-state index in [1.54, 1.807) is 0 Å². The van der Waals surface area contributed by atoms with Crippen LogP contribution in [0.25, 0.3) is 0 Å². The highest BCUT2D eigenvalue weighted by molar-refractivity contribution is 5.99. The third kappa shape index (κ3) is 4.74. The molecule has 0 aliphatic carbocycles. The average Bonchev–Trinajstić information content (AvgIpc) is 2.52. The molecule has 1 atom stereocenters. The minimum Gasteiger partial charge on any atom is -0.384 e. The molecule has 1 unspecified atom stereocenters. The highest BCUT2D eigenvalue weighted by Gasteiger charge is 2.17. The summed E-state index contributed by atoms with van der Waals surface area (Å²) in [5, 5.41) is 6.33. The number of benzene rings is 1. The van der Waals surface area contributed by atoms with Crippen LogP contribution in [0.2, 0.25) is 0 Å². The SMILES string of the molecule is CCCNc1ccc(C)cc1C(=O)NCC1CCCCO1. The van der Waals surface area contributed by atoms with Gasteiger partial charge in [0.15, 0.2) is 0 Å². The molecule has 1 fully saturated rings. The number of hydrogen-bond donors (Lipinski definition) is 2. The van der Waals surface area contributed by atoms with Gasteiger partial charge in [0.2, 0.25) is 0 Å². The molecule has 2 rings (SSSR count). The molecule has 1 aliphatic heterocycles. The van der Waals surface area contributed by atoms with Crippen molar-refractivity contribution >= 4 is 11.6 Å². The maximum atomic E-state index is 12.4. The molecule has 21 heavy (non-hydrogen) atoms. The Labute approximate surface area is 127 Å². The van der Waals surface area contributed by atoms with Gasteiger partial charge in [-0.15, -0.1) is 0 Å². The molecule has 0 saturated carbocycles. The molecule has 1 aromatic rings. The van der Waals surface area contributed by atoms with E-state index < -0.39 is 0 Å². The maximum Gasteiger partial charge on any atom is 0.253 e. The van der Waals surface area contributed by atoms with E-state index in [0.717, 1.165) is 49.2 Å². The lowest BCUT2D eigenvalue weighted by Crippen LogP contribution is -2.35. The summed E-state index contributed by atoms with van der Waals surface area (Å²) in [5.41, 5.74) is 2.72. The number of anilines is 1. The van der Waals surface area contributed by atoms with E-state index >= 15 is 0 Å². The van der Waals surface area contributed by atoms with Crippen molar-refractivity contribution in [3.05, 3.63) is 29.3 Å². The second-order valence-corrected chi connectivity index (χ2v) is 5.67. The van der Waals surface area contributed by atoms with E-state index in [9.17, 15) is 4.79 Å². The van der Waals surface area contributed by atoms with Crippen LogP contribution in [0.5, 0.6) is 0 Å². The molecular formula is C17H26N2O2. The Morgan fingerprint density at radius 2 is 2.24 bits per heavy atom. The molecule has 4 nitrogen and oxygen atoms in total. The van der Waals surface area contributed by atoms with Crippen LogP contribution in [0.15, 0.2) is 18.2 Å². The molecule has 1 heterocycles. The van der Waals surface area contributed by atoms with Crippen LogP contribution < -0.4 is 10.6 Å². The van der Waals surface area contributed by atoms with Crippen LogP contribution in [-0.4, -0.2) is 31.7 Å². The lowest BCUT2D eigenvalue weighted by atomic mass is 10.1. The first-order valence-corrected chi connectivity index (χ1v) is 7.95. The van der Waals surface area contributed by atoms with Crippen molar-refractivity contribution in [2.75, 3.05) is 25.0 Å². The largest absolute Gasteiger partial charge is 0.384 e. The minimum absolute atomic E-state index is 0.0218. The maximum absolute atomic E-state index is 12.4. The first-order valence-electron chi connectivity index (χ1n) is 7.95. The topological polar surface area (TPSA) is 50.4 Å². The van der Waals surface area contributed by atoms with Crippen LogP contribution in [0.4, 0.5) is 5.69 Å². The second kappa shape index (κ2) is 8.03. The van der Waals surface area contributed by atoms with E-state index in [0.29, 0.717) is 6.54 Å². The second-order valence-electron chi connectivity index (χ2n) is 5.67. The Balaban J connectivity index is 1.97. The highest BCUT2D eigenvalue weighted by Crippen LogP contribution is 2.18. The van der Waals surface area contributed by atoms with Crippen molar-refractivity contribution in [1.29, 1.82) is 0 Å². The summed E-state index contributed by atoms with van der Waals surface area (Å²) < 4.78 is 5.65. The van der Waals surface area contributed by atoms with Crippen LogP contribution >= 0.6 is 0 Å². The molecule has 1 saturated heterocycles. The number of nitrogens with one attached hydrogen (secondary N) is 2. The molecule has 1 amide bonds. The third-order valence-corrected chi connectivity index (χ3v) is 3.75. The monoisotopic (exact) mass is 290 g/mol. The standard InChI is InChI=1S/C17H26N2O2/c1-3-9-18-16-8-7-13(2)11-15(16)17(20)19-12-14-6-4-5-10-21-14/h7-8,11,14,18H,3-6,9-10,12H2,1-2H3,(H,19,20). The molecule has 4 heteroatoms. The molecule has 0 radical (unpaired) electrons. The average molecular weight is 290 g/mol. The van der Waals surface area contributed by atoms with Crippen molar-refractivity contribution in [2.45, 2.75) is 45.6 Å². The van der Waals surface area contributed by atoms with Gasteiger partial charge in [-0.2, -0.15) is 0 Å². The van der Waals surface area contributed by atoms with Gasteiger partial charge in [0.05, 0.1) is 11.7 Å². The van der Waals surface area contributed by atoms with Gasteiger partial charge in [-0.3, -0.25) is 4.79 Å². The van der Waals surface area contributed by atoms with Gasteiger partial charge >= 0.3 is 0 Å². The minimum atomic E-state index is -0.0218. The Kier molecular flexibility index (Phi) is 6.05. The van der Waals surface area contributed by atoms with E-state index in [2.05, 4.69) is 17.6 Å². The zero-order valence-electron chi connectivity index (χ0n) is 13.1. The molecule has 0 aromatic heterocycles.